The highest BCUT2D eigenvalue weighted by molar-refractivity contribution is 5.97. The Balaban J connectivity index is 2.61. The van der Waals surface area contributed by atoms with Gasteiger partial charge in [-0.05, 0) is 38.1 Å². The van der Waals surface area contributed by atoms with E-state index < -0.39 is 11.7 Å². The van der Waals surface area contributed by atoms with Crippen molar-refractivity contribution in [1.29, 1.82) is 0 Å². The molecule has 0 aliphatic carbocycles. The van der Waals surface area contributed by atoms with Gasteiger partial charge in [0.15, 0.2) is 0 Å². The van der Waals surface area contributed by atoms with Crippen LogP contribution in [0.2, 0.25) is 0 Å². The Morgan fingerprint density at radius 1 is 1.05 bits per heavy atom. The molecule has 0 saturated carbocycles. The summed E-state index contributed by atoms with van der Waals surface area (Å²) >= 11 is 0. The molecule has 2 aromatic rings. The van der Waals surface area contributed by atoms with E-state index in [-0.39, 0.29) is 0 Å². The van der Waals surface area contributed by atoms with E-state index in [1.54, 1.807) is 36.9 Å². The molecule has 2 rings (SSSR count). The second-order valence-corrected chi connectivity index (χ2v) is 5.17. The average molecular weight is 285 g/mol. The summed E-state index contributed by atoms with van der Waals surface area (Å²) in [4.78, 5) is 13.7. The molecule has 0 spiro atoms. The van der Waals surface area contributed by atoms with Crippen molar-refractivity contribution in [3.8, 4) is 0 Å². The molecule has 0 aromatic heterocycles. The van der Waals surface area contributed by atoms with Crippen LogP contribution in [0.15, 0.2) is 54.6 Å². The number of esters is 1. The zero-order valence-corrected chi connectivity index (χ0v) is 12.4. The quantitative estimate of drug-likeness (QED) is 0.691. The van der Waals surface area contributed by atoms with Gasteiger partial charge in [-0.1, -0.05) is 30.3 Å². The Bertz CT molecular complexity index is 617. The first-order valence-electron chi connectivity index (χ1n) is 6.70. The zero-order chi connectivity index (χ0) is 15.5. The molecule has 0 aliphatic rings. The minimum atomic E-state index is -1.18. The Kier molecular flexibility index (Phi) is 4.29. The molecule has 0 fully saturated rings. The number of ether oxygens (including phenoxy) is 1. The minimum absolute atomic E-state index is 0.408. The smallest absolute Gasteiger partial charge is 0.339 e. The van der Waals surface area contributed by atoms with E-state index in [0.717, 1.165) is 5.69 Å². The summed E-state index contributed by atoms with van der Waals surface area (Å²) in [6, 6.07) is 16.5. The SMILES string of the molecule is COC(=O)c1ccccc1N(c1ccccc1)C(C)(C)O. The molecule has 0 radical (unpaired) electrons. The molecule has 0 unspecified atom stereocenters. The van der Waals surface area contributed by atoms with Crippen LogP contribution in [0.25, 0.3) is 0 Å². The monoisotopic (exact) mass is 285 g/mol. The number of nitrogens with zero attached hydrogens (tertiary/aromatic N) is 1. The Morgan fingerprint density at radius 3 is 2.19 bits per heavy atom. The zero-order valence-electron chi connectivity index (χ0n) is 12.4. The van der Waals surface area contributed by atoms with Gasteiger partial charge in [0.25, 0.3) is 0 Å². The van der Waals surface area contributed by atoms with E-state index in [2.05, 4.69) is 0 Å². The van der Waals surface area contributed by atoms with Gasteiger partial charge in [-0.3, -0.25) is 0 Å². The van der Waals surface area contributed by atoms with E-state index in [0.29, 0.717) is 11.3 Å². The second-order valence-electron chi connectivity index (χ2n) is 5.17. The lowest BCUT2D eigenvalue weighted by atomic mass is 10.1. The van der Waals surface area contributed by atoms with Crippen molar-refractivity contribution >= 4 is 17.3 Å². The highest BCUT2D eigenvalue weighted by Gasteiger charge is 2.28. The summed E-state index contributed by atoms with van der Waals surface area (Å²) < 4.78 is 4.83. The molecule has 0 heterocycles. The van der Waals surface area contributed by atoms with E-state index in [9.17, 15) is 9.90 Å². The van der Waals surface area contributed by atoms with Crippen molar-refractivity contribution in [1.82, 2.24) is 0 Å². The third-order valence-corrected chi connectivity index (χ3v) is 3.11. The third-order valence-electron chi connectivity index (χ3n) is 3.11. The maximum absolute atomic E-state index is 12.0. The van der Waals surface area contributed by atoms with Crippen LogP contribution in [0.4, 0.5) is 11.4 Å². The van der Waals surface area contributed by atoms with Crippen LogP contribution >= 0.6 is 0 Å². The van der Waals surface area contributed by atoms with Crippen LogP contribution in [0.3, 0.4) is 0 Å². The fourth-order valence-corrected chi connectivity index (χ4v) is 2.28. The number of hydrogen-bond acceptors (Lipinski definition) is 4. The molecule has 0 amide bonds. The van der Waals surface area contributed by atoms with E-state index >= 15 is 0 Å². The van der Waals surface area contributed by atoms with Crippen LogP contribution < -0.4 is 4.90 Å². The van der Waals surface area contributed by atoms with Crippen molar-refractivity contribution in [2.24, 2.45) is 0 Å². The molecule has 4 nitrogen and oxygen atoms in total. The predicted octanol–water partition coefficient (Wildman–Crippen LogP) is 3.34. The number of carbonyl (C=O) groups is 1. The number of anilines is 2. The van der Waals surface area contributed by atoms with Gasteiger partial charge >= 0.3 is 5.97 Å². The fraction of sp³-hybridized carbons (Fsp3) is 0.235. The Hall–Kier alpha value is -2.33. The molecule has 1 N–H and O–H groups in total. The Morgan fingerprint density at radius 2 is 1.62 bits per heavy atom. The molecule has 21 heavy (non-hydrogen) atoms. The van der Waals surface area contributed by atoms with Crippen molar-refractivity contribution in [3.05, 3.63) is 60.2 Å². The molecular weight excluding hydrogens is 266 g/mol. The maximum Gasteiger partial charge on any atom is 0.339 e. The van der Waals surface area contributed by atoms with Crippen molar-refractivity contribution in [2.45, 2.75) is 19.6 Å². The lowest BCUT2D eigenvalue weighted by Crippen LogP contribution is -2.41. The number of benzene rings is 2. The summed E-state index contributed by atoms with van der Waals surface area (Å²) in [7, 11) is 1.34. The number of aliphatic hydroxyl groups is 1. The van der Waals surface area contributed by atoms with Gasteiger partial charge < -0.3 is 14.7 Å². The van der Waals surface area contributed by atoms with E-state index in [1.807, 2.05) is 36.4 Å². The molecule has 4 heteroatoms. The molecule has 110 valence electrons. The Labute approximate surface area is 124 Å². The molecule has 2 aromatic carbocycles. The van der Waals surface area contributed by atoms with Crippen LogP contribution in [0.1, 0.15) is 24.2 Å². The van der Waals surface area contributed by atoms with Crippen molar-refractivity contribution in [2.75, 3.05) is 12.0 Å². The van der Waals surface area contributed by atoms with Crippen molar-refractivity contribution in [3.63, 3.8) is 0 Å². The summed E-state index contributed by atoms with van der Waals surface area (Å²) in [6.45, 7) is 3.35. The van der Waals surface area contributed by atoms with Gasteiger partial charge in [0.2, 0.25) is 0 Å². The van der Waals surface area contributed by atoms with Gasteiger partial charge in [-0.25, -0.2) is 4.79 Å². The number of hydrogen-bond donors (Lipinski definition) is 1. The summed E-state index contributed by atoms with van der Waals surface area (Å²) in [5.74, 6) is -0.434. The van der Waals surface area contributed by atoms with E-state index in [1.165, 1.54) is 7.11 Å². The normalized spacial score (nSPS) is 11.0. The number of para-hydroxylation sites is 2. The average Bonchev–Trinajstić information content (AvgIpc) is 2.47. The molecule has 0 aliphatic heterocycles. The van der Waals surface area contributed by atoms with Gasteiger partial charge in [-0.15, -0.1) is 0 Å². The van der Waals surface area contributed by atoms with Crippen LogP contribution in [-0.4, -0.2) is 23.9 Å². The van der Waals surface area contributed by atoms with Gasteiger partial charge in [-0.2, -0.15) is 0 Å². The van der Waals surface area contributed by atoms with E-state index in [4.69, 9.17) is 4.74 Å². The van der Waals surface area contributed by atoms with Gasteiger partial charge in [0.1, 0.15) is 5.72 Å². The maximum atomic E-state index is 12.0. The van der Waals surface area contributed by atoms with Gasteiger partial charge in [0.05, 0.1) is 18.4 Å². The first-order chi connectivity index (χ1) is 9.95. The predicted molar refractivity (Wildman–Crippen MR) is 82.7 cm³/mol. The lowest BCUT2D eigenvalue weighted by Gasteiger charge is -2.37. The van der Waals surface area contributed by atoms with Gasteiger partial charge in [0, 0.05) is 5.69 Å². The molecular formula is C17H19NO3. The highest BCUT2D eigenvalue weighted by Crippen LogP contribution is 2.34. The molecule has 0 atom stereocenters. The largest absolute Gasteiger partial charge is 0.465 e. The topological polar surface area (TPSA) is 49.8 Å². The number of carbonyl (C=O) groups excluding carboxylic acids is 1. The highest BCUT2D eigenvalue weighted by atomic mass is 16.5. The second kappa shape index (κ2) is 5.97. The summed E-state index contributed by atoms with van der Waals surface area (Å²) in [6.07, 6.45) is 0. The third kappa shape index (κ3) is 3.23. The van der Waals surface area contributed by atoms with Crippen LogP contribution in [0, 0.1) is 0 Å². The molecule has 0 bridgehead atoms. The number of methoxy groups -OCH3 is 1. The van der Waals surface area contributed by atoms with Crippen LogP contribution in [-0.2, 0) is 4.74 Å². The number of rotatable bonds is 4. The van der Waals surface area contributed by atoms with Crippen LogP contribution in [0.5, 0.6) is 0 Å². The summed E-state index contributed by atoms with van der Waals surface area (Å²) in [5.41, 5.74) is 0.626. The first kappa shape index (κ1) is 15.1. The standard InChI is InChI=1S/C17H19NO3/c1-17(2,20)18(13-9-5-4-6-10-13)15-12-8-7-11-14(15)16(19)21-3/h4-12,20H,1-3H3. The fourth-order valence-electron chi connectivity index (χ4n) is 2.28. The van der Waals surface area contributed by atoms with Crippen molar-refractivity contribution < 1.29 is 14.6 Å². The minimum Gasteiger partial charge on any atom is -0.465 e. The molecule has 0 saturated heterocycles. The lowest BCUT2D eigenvalue weighted by molar-refractivity contribution is 0.0599. The first-order valence-corrected chi connectivity index (χ1v) is 6.70. The summed E-state index contributed by atoms with van der Waals surface area (Å²) in [5, 5.41) is 10.5.